The molecule has 0 aliphatic carbocycles. The number of aliphatic hydroxyl groups is 2. The predicted molar refractivity (Wildman–Crippen MR) is 147 cm³/mol. The van der Waals surface area contributed by atoms with E-state index in [0.29, 0.717) is 13.0 Å². The second kappa shape index (κ2) is 15.6. The second-order valence-corrected chi connectivity index (χ2v) is 12.2. The third kappa shape index (κ3) is 7.81. The molecule has 10 nitrogen and oxygen atoms in total. The summed E-state index contributed by atoms with van der Waals surface area (Å²) >= 11 is -0.150. The SMILES string of the molecule is COc1ccc(CO[C@@H]2CO[C@H](OCC[C@H]3O[C@H](OC)[C@H](OC)[C@@H](OC)[C@@H]3O)[C@@H]([Se]c3ccccc3)[C@H]2O)cc1. The summed E-state index contributed by atoms with van der Waals surface area (Å²) in [4.78, 5) is -0.307. The first-order chi connectivity index (χ1) is 19.5. The molecule has 0 bridgehead atoms. The fourth-order valence-electron chi connectivity index (χ4n) is 4.89. The van der Waals surface area contributed by atoms with Gasteiger partial charge in [0.25, 0.3) is 0 Å². The molecule has 222 valence electrons. The summed E-state index contributed by atoms with van der Waals surface area (Å²) in [5.74, 6) is 0.774. The van der Waals surface area contributed by atoms with E-state index in [2.05, 4.69) is 0 Å². The van der Waals surface area contributed by atoms with Crippen molar-refractivity contribution < 1.29 is 48.1 Å². The molecule has 4 rings (SSSR count). The van der Waals surface area contributed by atoms with Crippen LogP contribution >= 0.6 is 0 Å². The molecule has 0 amide bonds. The monoisotopic (exact) mass is 628 g/mol. The number of rotatable bonds is 13. The van der Waals surface area contributed by atoms with Crippen LogP contribution in [0.5, 0.6) is 5.75 Å². The van der Waals surface area contributed by atoms with Gasteiger partial charge in [-0.25, -0.2) is 0 Å². The molecule has 2 aromatic carbocycles. The molecule has 40 heavy (non-hydrogen) atoms. The third-order valence-electron chi connectivity index (χ3n) is 7.13. The number of hydrogen-bond acceptors (Lipinski definition) is 10. The molecule has 0 radical (unpaired) electrons. The Morgan fingerprint density at radius 3 is 2.20 bits per heavy atom. The Morgan fingerprint density at radius 2 is 1.55 bits per heavy atom. The van der Waals surface area contributed by atoms with Crippen LogP contribution in [-0.4, -0.2) is 116 Å². The van der Waals surface area contributed by atoms with Gasteiger partial charge in [-0.3, -0.25) is 0 Å². The van der Waals surface area contributed by atoms with Crippen LogP contribution in [0, 0.1) is 0 Å². The number of ether oxygens (including phenoxy) is 8. The van der Waals surface area contributed by atoms with E-state index in [1.807, 2.05) is 54.6 Å². The van der Waals surface area contributed by atoms with Crippen LogP contribution in [0.4, 0.5) is 0 Å². The van der Waals surface area contributed by atoms with E-state index in [-0.39, 0.29) is 33.0 Å². The first kappa shape index (κ1) is 31.3. The van der Waals surface area contributed by atoms with Gasteiger partial charge in [0, 0.05) is 0 Å². The summed E-state index contributed by atoms with van der Waals surface area (Å²) in [6, 6.07) is 17.6. The third-order valence-corrected chi connectivity index (χ3v) is 9.89. The van der Waals surface area contributed by atoms with Crippen molar-refractivity contribution in [1.82, 2.24) is 0 Å². The van der Waals surface area contributed by atoms with Crippen LogP contribution in [0.2, 0.25) is 4.82 Å². The van der Waals surface area contributed by atoms with Gasteiger partial charge in [0.05, 0.1) is 0 Å². The van der Waals surface area contributed by atoms with Gasteiger partial charge in [0.1, 0.15) is 0 Å². The van der Waals surface area contributed by atoms with Crippen molar-refractivity contribution in [2.45, 2.75) is 67.0 Å². The minimum absolute atomic E-state index is 0.150. The molecular formula is C29H40O10Se. The van der Waals surface area contributed by atoms with Crippen molar-refractivity contribution in [3.63, 3.8) is 0 Å². The Morgan fingerprint density at radius 1 is 0.825 bits per heavy atom. The van der Waals surface area contributed by atoms with E-state index >= 15 is 0 Å². The Bertz CT molecular complexity index is 996. The van der Waals surface area contributed by atoms with E-state index in [9.17, 15) is 10.2 Å². The zero-order valence-corrected chi connectivity index (χ0v) is 25.0. The van der Waals surface area contributed by atoms with Gasteiger partial charge in [0.15, 0.2) is 0 Å². The average Bonchev–Trinajstić information content (AvgIpc) is 2.99. The first-order valence-electron chi connectivity index (χ1n) is 13.3. The van der Waals surface area contributed by atoms with E-state index in [1.54, 1.807) is 7.11 Å². The molecule has 0 aromatic heterocycles. The second-order valence-electron chi connectivity index (χ2n) is 9.61. The maximum absolute atomic E-state index is 11.4. The number of methoxy groups -OCH3 is 4. The van der Waals surface area contributed by atoms with Crippen LogP contribution in [0.15, 0.2) is 54.6 Å². The van der Waals surface area contributed by atoms with Crippen LogP contribution in [-0.2, 0) is 39.8 Å². The Hall–Kier alpha value is -1.60. The van der Waals surface area contributed by atoms with Crippen LogP contribution < -0.4 is 9.20 Å². The summed E-state index contributed by atoms with van der Waals surface area (Å²) in [5, 5.41) is 22.3. The van der Waals surface area contributed by atoms with Crippen molar-refractivity contribution in [2.24, 2.45) is 0 Å². The Labute approximate surface area is 241 Å². The average molecular weight is 628 g/mol. The summed E-state index contributed by atoms with van der Waals surface area (Å²) in [7, 11) is 6.19. The molecule has 0 saturated carbocycles. The van der Waals surface area contributed by atoms with E-state index in [4.69, 9.17) is 37.9 Å². The molecule has 11 heteroatoms. The summed E-state index contributed by atoms with van der Waals surface area (Å²) in [6.07, 6.45) is -4.93. The standard InChI is InChI=1S/C29H40O10Se/c1-32-19-12-10-18(11-13-19)16-37-22-17-38-29(27(24(22)31)40-20-8-6-5-7-9-20)36-15-14-21-23(30)25(33-2)26(34-3)28(35-4)39-21/h5-13,21-31H,14-17H2,1-4H3/t21-,22-,23-,24+,25+,26-,27+,28+,29+/m1/s1. The fourth-order valence-corrected chi connectivity index (χ4v) is 7.43. The molecule has 2 aromatic rings. The molecule has 2 fully saturated rings. The topological polar surface area (TPSA) is 114 Å². The quantitative estimate of drug-likeness (QED) is 0.315. The number of aliphatic hydroxyl groups excluding tert-OH is 2. The van der Waals surface area contributed by atoms with Crippen molar-refractivity contribution in [2.75, 3.05) is 41.7 Å². The van der Waals surface area contributed by atoms with Crippen molar-refractivity contribution in [3.05, 3.63) is 60.2 Å². The Balaban J connectivity index is 1.38. The number of benzene rings is 2. The molecule has 9 atom stereocenters. The van der Waals surface area contributed by atoms with Crippen LogP contribution in [0.25, 0.3) is 0 Å². The fraction of sp³-hybridized carbons (Fsp3) is 0.586. The summed E-state index contributed by atoms with van der Waals surface area (Å²) < 4.78 is 47.0. The molecule has 0 unspecified atom stereocenters. The summed E-state index contributed by atoms with van der Waals surface area (Å²) in [5.41, 5.74) is 0.974. The molecule has 2 N–H and O–H groups in total. The van der Waals surface area contributed by atoms with Gasteiger partial charge in [0.2, 0.25) is 0 Å². The van der Waals surface area contributed by atoms with E-state index in [0.717, 1.165) is 15.8 Å². The normalized spacial score (nSPS) is 32.6. The van der Waals surface area contributed by atoms with Gasteiger partial charge in [-0.1, -0.05) is 0 Å². The molecule has 2 aliphatic heterocycles. The molecule has 2 aliphatic rings. The van der Waals surface area contributed by atoms with Gasteiger partial charge in [-0.2, -0.15) is 0 Å². The van der Waals surface area contributed by atoms with E-state index < -0.39 is 49.2 Å². The summed E-state index contributed by atoms with van der Waals surface area (Å²) in [6.45, 7) is 0.771. The van der Waals surface area contributed by atoms with Gasteiger partial charge in [-0.15, -0.1) is 0 Å². The van der Waals surface area contributed by atoms with Crippen molar-refractivity contribution in [1.29, 1.82) is 0 Å². The number of hydrogen-bond donors (Lipinski definition) is 2. The maximum atomic E-state index is 11.4. The zero-order valence-electron chi connectivity index (χ0n) is 23.3. The predicted octanol–water partition coefficient (Wildman–Crippen LogP) is 1.28. The van der Waals surface area contributed by atoms with Crippen LogP contribution in [0.1, 0.15) is 12.0 Å². The minimum atomic E-state index is -0.928. The Kier molecular flexibility index (Phi) is 12.2. The van der Waals surface area contributed by atoms with Crippen LogP contribution in [0.3, 0.4) is 0 Å². The van der Waals surface area contributed by atoms with Gasteiger partial charge in [-0.05, 0) is 0 Å². The molecule has 2 heterocycles. The van der Waals surface area contributed by atoms with Gasteiger partial charge >= 0.3 is 242 Å². The molecule has 0 spiro atoms. The molecular weight excluding hydrogens is 587 g/mol. The van der Waals surface area contributed by atoms with Crippen molar-refractivity contribution in [3.8, 4) is 5.75 Å². The van der Waals surface area contributed by atoms with E-state index in [1.165, 1.54) is 21.3 Å². The first-order valence-corrected chi connectivity index (χ1v) is 15.1. The van der Waals surface area contributed by atoms with Gasteiger partial charge < -0.3 is 0 Å². The zero-order chi connectivity index (χ0) is 28.5. The van der Waals surface area contributed by atoms with Crippen molar-refractivity contribution >= 4 is 19.4 Å². The molecule has 2 saturated heterocycles.